The molecule has 20 heavy (non-hydrogen) atoms. The molecule has 0 spiro atoms. The minimum Gasteiger partial charge on any atom is -0.475 e. The molecule has 0 unspecified atom stereocenters. The number of rotatable bonds is 3. The summed E-state index contributed by atoms with van der Waals surface area (Å²) in [7, 11) is 1.97. The fraction of sp³-hybridized carbons (Fsp3) is 0.400. The number of aliphatic carboxylic acids is 1. The van der Waals surface area contributed by atoms with Crippen LogP contribution in [0.5, 0.6) is 0 Å². The molecule has 1 aliphatic rings. The van der Waals surface area contributed by atoms with E-state index in [0.29, 0.717) is 11.4 Å². The van der Waals surface area contributed by atoms with E-state index in [1.54, 1.807) is 18.2 Å². The smallest absolute Gasteiger partial charge is 0.377 e. The van der Waals surface area contributed by atoms with Gasteiger partial charge in [0, 0.05) is 18.5 Å². The number of ketones is 1. The SMILES string of the molecule is Cn1c(C2CCCC2)nc2cc(C(=O)C(=O)O)ccc21. The lowest BCUT2D eigenvalue weighted by atomic mass is 10.1. The molecule has 5 nitrogen and oxygen atoms in total. The Hall–Kier alpha value is -2.17. The lowest BCUT2D eigenvalue weighted by Gasteiger charge is -2.08. The fourth-order valence-electron chi connectivity index (χ4n) is 3.03. The third-order valence-electron chi connectivity index (χ3n) is 4.09. The first-order chi connectivity index (χ1) is 9.58. The van der Waals surface area contributed by atoms with Crippen LogP contribution < -0.4 is 0 Å². The number of carbonyl (C=O) groups is 2. The highest BCUT2D eigenvalue weighted by atomic mass is 16.4. The summed E-state index contributed by atoms with van der Waals surface area (Å²) in [4.78, 5) is 26.9. The first-order valence-corrected chi connectivity index (χ1v) is 6.82. The van der Waals surface area contributed by atoms with Gasteiger partial charge < -0.3 is 9.67 Å². The van der Waals surface area contributed by atoms with Crippen molar-refractivity contribution >= 4 is 22.8 Å². The first-order valence-electron chi connectivity index (χ1n) is 6.82. The molecule has 104 valence electrons. The number of hydrogen-bond donors (Lipinski definition) is 1. The van der Waals surface area contributed by atoms with Crippen LogP contribution in [0.2, 0.25) is 0 Å². The standard InChI is InChI=1S/C15H16N2O3/c1-17-12-7-6-10(13(18)15(19)20)8-11(12)16-14(17)9-4-2-3-5-9/h6-9H,2-5H2,1H3,(H,19,20). The lowest BCUT2D eigenvalue weighted by Crippen LogP contribution is -2.12. The van der Waals surface area contributed by atoms with Crippen molar-refractivity contribution in [1.29, 1.82) is 0 Å². The van der Waals surface area contributed by atoms with Crippen LogP contribution in [-0.4, -0.2) is 26.4 Å². The lowest BCUT2D eigenvalue weighted by molar-refractivity contribution is -0.131. The summed E-state index contributed by atoms with van der Waals surface area (Å²) >= 11 is 0. The van der Waals surface area contributed by atoms with E-state index in [0.717, 1.165) is 24.2 Å². The van der Waals surface area contributed by atoms with Gasteiger partial charge in [0.1, 0.15) is 5.82 Å². The molecule has 1 aromatic heterocycles. The van der Waals surface area contributed by atoms with E-state index in [1.807, 2.05) is 7.05 Å². The van der Waals surface area contributed by atoms with E-state index >= 15 is 0 Å². The molecule has 0 atom stereocenters. The number of hydrogen-bond acceptors (Lipinski definition) is 3. The zero-order chi connectivity index (χ0) is 14.3. The number of carboxylic acids is 1. The first kappa shape index (κ1) is 12.8. The van der Waals surface area contributed by atoms with E-state index in [4.69, 9.17) is 5.11 Å². The van der Waals surface area contributed by atoms with E-state index < -0.39 is 11.8 Å². The van der Waals surface area contributed by atoms with Crippen molar-refractivity contribution in [2.24, 2.45) is 7.05 Å². The molecule has 1 saturated carbocycles. The molecule has 5 heteroatoms. The van der Waals surface area contributed by atoms with Gasteiger partial charge in [-0.15, -0.1) is 0 Å². The van der Waals surface area contributed by atoms with Crippen LogP contribution >= 0.6 is 0 Å². The van der Waals surface area contributed by atoms with E-state index in [-0.39, 0.29) is 5.56 Å². The molecule has 1 aromatic carbocycles. The van der Waals surface area contributed by atoms with Crippen molar-refractivity contribution in [3.8, 4) is 0 Å². The molecule has 0 radical (unpaired) electrons. The summed E-state index contributed by atoms with van der Waals surface area (Å²) in [5.41, 5.74) is 1.82. The second kappa shape index (κ2) is 4.74. The van der Waals surface area contributed by atoms with Gasteiger partial charge in [0.15, 0.2) is 0 Å². The fourth-order valence-corrected chi connectivity index (χ4v) is 3.03. The summed E-state index contributed by atoms with van der Waals surface area (Å²) in [6.45, 7) is 0. The second-order valence-corrected chi connectivity index (χ2v) is 5.35. The highest BCUT2D eigenvalue weighted by Crippen LogP contribution is 2.34. The normalized spacial score (nSPS) is 15.8. The molecule has 0 aliphatic heterocycles. The molecule has 1 heterocycles. The van der Waals surface area contributed by atoms with Crippen molar-refractivity contribution in [2.45, 2.75) is 31.6 Å². The van der Waals surface area contributed by atoms with Gasteiger partial charge in [0.05, 0.1) is 11.0 Å². The molecule has 2 aromatic rings. The summed E-state index contributed by atoms with van der Waals surface area (Å²) in [5, 5.41) is 8.76. The number of imidazole rings is 1. The van der Waals surface area contributed by atoms with Gasteiger partial charge in [-0.25, -0.2) is 9.78 Å². The zero-order valence-corrected chi connectivity index (χ0v) is 11.3. The number of fused-ring (bicyclic) bond motifs is 1. The number of benzene rings is 1. The van der Waals surface area contributed by atoms with Gasteiger partial charge in [0.25, 0.3) is 5.78 Å². The van der Waals surface area contributed by atoms with Crippen LogP contribution in [0.1, 0.15) is 47.8 Å². The predicted octanol–water partition coefficient (Wildman–Crippen LogP) is 2.50. The number of carboxylic acid groups (broad SMARTS) is 1. The van der Waals surface area contributed by atoms with Crippen LogP contribution in [0.3, 0.4) is 0 Å². The minimum atomic E-state index is -1.43. The Labute approximate surface area is 116 Å². The molecule has 1 aliphatic carbocycles. The maximum absolute atomic E-state index is 11.5. The van der Waals surface area contributed by atoms with E-state index in [2.05, 4.69) is 9.55 Å². The third kappa shape index (κ3) is 1.99. The average molecular weight is 272 g/mol. The highest BCUT2D eigenvalue weighted by molar-refractivity contribution is 6.40. The molecule has 0 bridgehead atoms. The molecule has 3 rings (SSSR count). The molecule has 1 N–H and O–H groups in total. The average Bonchev–Trinajstić information content (AvgIpc) is 3.05. The van der Waals surface area contributed by atoms with Crippen molar-refractivity contribution in [3.63, 3.8) is 0 Å². The van der Waals surface area contributed by atoms with Crippen molar-refractivity contribution < 1.29 is 14.7 Å². The monoisotopic (exact) mass is 272 g/mol. The number of Topliss-reactive ketones (excluding diaryl/α,β-unsaturated/α-hetero) is 1. The summed E-state index contributed by atoms with van der Waals surface area (Å²) in [6, 6.07) is 4.90. The predicted molar refractivity (Wildman–Crippen MR) is 73.9 cm³/mol. The maximum Gasteiger partial charge on any atom is 0.377 e. The number of carbonyl (C=O) groups excluding carboxylic acids is 1. The summed E-state index contributed by atoms with van der Waals surface area (Å²) in [6.07, 6.45) is 4.77. The van der Waals surface area contributed by atoms with Crippen molar-refractivity contribution in [2.75, 3.05) is 0 Å². The Morgan fingerprint density at radius 3 is 2.65 bits per heavy atom. The second-order valence-electron chi connectivity index (χ2n) is 5.35. The Balaban J connectivity index is 2.07. The molecule has 0 saturated heterocycles. The van der Waals surface area contributed by atoms with Crippen LogP contribution in [0.4, 0.5) is 0 Å². The molecular weight excluding hydrogens is 256 g/mol. The largest absolute Gasteiger partial charge is 0.475 e. The summed E-state index contributed by atoms with van der Waals surface area (Å²) < 4.78 is 2.06. The number of aromatic nitrogens is 2. The Morgan fingerprint density at radius 2 is 2.00 bits per heavy atom. The van der Waals surface area contributed by atoms with E-state index in [1.165, 1.54) is 12.8 Å². The van der Waals surface area contributed by atoms with Crippen LogP contribution in [0.15, 0.2) is 18.2 Å². The van der Waals surface area contributed by atoms with Gasteiger partial charge in [-0.05, 0) is 31.0 Å². The Morgan fingerprint density at radius 1 is 1.30 bits per heavy atom. The molecular formula is C15H16N2O3. The third-order valence-corrected chi connectivity index (χ3v) is 4.09. The molecule has 1 fully saturated rings. The molecule has 0 amide bonds. The van der Waals surface area contributed by atoms with Gasteiger partial charge >= 0.3 is 5.97 Å². The minimum absolute atomic E-state index is 0.182. The van der Waals surface area contributed by atoms with Gasteiger partial charge in [-0.1, -0.05) is 12.8 Å². The Bertz CT molecular complexity index is 696. The van der Waals surface area contributed by atoms with Gasteiger partial charge in [-0.3, -0.25) is 4.79 Å². The topological polar surface area (TPSA) is 72.2 Å². The number of nitrogens with zero attached hydrogens (tertiary/aromatic N) is 2. The van der Waals surface area contributed by atoms with Crippen molar-refractivity contribution in [3.05, 3.63) is 29.6 Å². The highest BCUT2D eigenvalue weighted by Gasteiger charge is 2.23. The quantitative estimate of drug-likeness (QED) is 0.688. The van der Waals surface area contributed by atoms with Crippen molar-refractivity contribution in [1.82, 2.24) is 9.55 Å². The van der Waals surface area contributed by atoms with Crippen LogP contribution in [-0.2, 0) is 11.8 Å². The zero-order valence-electron chi connectivity index (χ0n) is 11.3. The van der Waals surface area contributed by atoms with Crippen LogP contribution in [0, 0.1) is 0 Å². The van der Waals surface area contributed by atoms with E-state index in [9.17, 15) is 9.59 Å². The summed E-state index contributed by atoms with van der Waals surface area (Å²) in [5.74, 6) is -0.806. The van der Waals surface area contributed by atoms with Gasteiger partial charge in [-0.2, -0.15) is 0 Å². The maximum atomic E-state index is 11.5. The Kier molecular flexibility index (Phi) is 3.04. The number of aryl methyl sites for hydroxylation is 1. The van der Waals surface area contributed by atoms with Crippen LogP contribution in [0.25, 0.3) is 11.0 Å². The van der Waals surface area contributed by atoms with Gasteiger partial charge in [0.2, 0.25) is 0 Å².